The molecule has 0 bridgehead atoms. The minimum atomic E-state index is -0.415. The third-order valence-electron chi connectivity index (χ3n) is 3.39. The molecule has 1 heterocycles. The summed E-state index contributed by atoms with van der Waals surface area (Å²) in [6.07, 6.45) is 1.90. The second-order valence-electron chi connectivity index (χ2n) is 4.56. The number of nitrogens with zero attached hydrogens (tertiary/aromatic N) is 1. The molecule has 0 unspecified atom stereocenters. The summed E-state index contributed by atoms with van der Waals surface area (Å²) < 4.78 is 4.90. The summed E-state index contributed by atoms with van der Waals surface area (Å²) in [5.41, 5.74) is 2.65. The fourth-order valence-electron chi connectivity index (χ4n) is 2.43. The lowest BCUT2D eigenvalue weighted by Crippen LogP contribution is -2.28. The fraction of sp³-hybridized carbons (Fsp3) is 0.250. The van der Waals surface area contributed by atoms with Crippen LogP contribution in [0.5, 0.6) is 0 Å². The number of benzene rings is 1. The van der Waals surface area contributed by atoms with Crippen LogP contribution in [0, 0.1) is 11.3 Å². The van der Waals surface area contributed by atoms with Crippen LogP contribution in [-0.4, -0.2) is 19.3 Å². The van der Waals surface area contributed by atoms with Crippen LogP contribution in [0.25, 0.3) is 0 Å². The number of carbonyl (C=O) groups is 1. The molecule has 0 aliphatic carbocycles. The maximum Gasteiger partial charge on any atom is 0.336 e. The number of allylic oxidation sites excluding steroid dienone is 2. The minimum Gasteiger partial charge on any atom is -0.466 e. The van der Waals surface area contributed by atoms with Crippen molar-refractivity contribution in [2.24, 2.45) is 0 Å². The van der Waals surface area contributed by atoms with Gasteiger partial charge in [0.05, 0.1) is 35.3 Å². The van der Waals surface area contributed by atoms with Crippen LogP contribution in [0.2, 0.25) is 0 Å². The number of hydrogen-bond acceptors (Lipinski definition) is 5. The number of esters is 1. The van der Waals surface area contributed by atoms with Crippen molar-refractivity contribution in [1.82, 2.24) is 5.32 Å². The lowest BCUT2D eigenvalue weighted by atomic mass is 9.82. The monoisotopic (exact) mass is 300 g/mol. The molecule has 1 aromatic rings. The molecule has 1 aliphatic heterocycles. The third kappa shape index (κ3) is 2.81. The largest absolute Gasteiger partial charge is 0.466 e. The first-order valence-corrected chi connectivity index (χ1v) is 7.65. The molecule has 1 aromatic carbocycles. The molecule has 21 heavy (non-hydrogen) atoms. The van der Waals surface area contributed by atoms with E-state index in [0.29, 0.717) is 11.1 Å². The van der Waals surface area contributed by atoms with Gasteiger partial charge < -0.3 is 10.1 Å². The van der Waals surface area contributed by atoms with E-state index in [1.165, 1.54) is 18.9 Å². The molecule has 2 rings (SSSR count). The number of methoxy groups -OCH3 is 1. The van der Waals surface area contributed by atoms with Crippen molar-refractivity contribution in [3.63, 3.8) is 0 Å². The Morgan fingerprint density at radius 1 is 1.38 bits per heavy atom. The number of nitriles is 1. The number of ether oxygens (including phenoxy) is 1. The zero-order valence-corrected chi connectivity index (χ0v) is 13.0. The quantitative estimate of drug-likeness (QED) is 0.870. The molecule has 0 fully saturated rings. The number of hydrogen-bond donors (Lipinski definition) is 1. The lowest BCUT2D eigenvalue weighted by Gasteiger charge is -2.28. The molecule has 1 atom stereocenters. The zero-order valence-electron chi connectivity index (χ0n) is 12.1. The Morgan fingerprint density at radius 3 is 2.57 bits per heavy atom. The fourth-order valence-corrected chi connectivity index (χ4v) is 3.07. The first-order chi connectivity index (χ1) is 10.1. The number of dihydropyridines is 1. The molecule has 5 heteroatoms. The lowest BCUT2D eigenvalue weighted by molar-refractivity contribution is -0.136. The standard InChI is InChI=1S/C16H16N2O2S/c1-10-13(16(19)20-2)14(11-7-5-4-6-8-11)12(9-17)15(18-10)21-3/h4-8,14,18H,1-3H3/t14-/m0/s1. The van der Waals surface area contributed by atoms with Gasteiger partial charge in [-0.1, -0.05) is 30.3 Å². The van der Waals surface area contributed by atoms with Gasteiger partial charge >= 0.3 is 5.97 Å². The van der Waals surface area contributed by atoms with Crippen LogP contribution < -0.4 is 5.32 Å². The van der Waals surface area contributed by atoms with Gasteiger partial charge in [-0.15, -0.1) is 11.8 Å². The number of thioether (sulfide) groups is 1. The predicted octanol–water partition coefficient (Wildman–Crippen LogP) is 2.92. The molecule has 0 amide bonds. The minimum absolute atomic E-state index is 0.396. The number of carbonyl (C=O) groups excluding carboxylic acids is 1. The van der Waals surface area contributed by atoms with E-state index in [1.807, 2.05) is 43.5 Å². The maximum absolute atomic E-state index is 12.2. The van der Waals surface area contributed by atoms with Crippen molar-refractivity contribution >= 4 is 17.7 Å². The van der Waals surface area contributed by atoms with Crippen LogP contribution in [0.3, 0.4) is 0 Å². The SMILES string of the molecule is COC(=O)C1=C(C)NC(SC)=C(C#N)[C@@H]1c1ccccc1. The van der Waals surface area contributed by atoms with E-state index in [2.05, 4.69) is 11.4 Å². The zero-order chi connectivity index (χ0) is 15.4. The van der Waals surface area contributed by atoms with Crippen LogP contribution in [0.15, 0.2) is 52.2 Å². The van der Waals surface area contributed by atoms with Crippen LogP contribution in [0.4, 0.5) is 0 Å². The Hall–Kier alpha value is -2.19. The molecule has 0 saturated carbocycles. The van der Waals surface area contributed by atoms with Crippen molar-refractivity contribution < 1.29 is 9.53 Å². The van der Waals surface area contributed by atoms with Gasteiger partial charge in [0.2, 0.25) is 0 Å². The van der Waals surface area contributed by atoms with Gasteiger partial charge in [0.15, 0.2) is 0 Å². The first-order valence-electron chi connectivity index (χ1n) is 6.43. The van der Waals surface area contributed by atoms with Crippen molar-refractivity contribution in [1.29, 1.82) is 5.26 Å². The van der Waals surface area contributed by atoms with Crippen molar-refractivity contribution in [2.45, 2.75) is 12.8 Å². The summed E-state index contributed by atoms with van der Waals surface area (Å²) in [6, 6.07) is 11.8. The van der Waals surface area contributed by atoms with E-state index in [4.69, 9.17) is 4.74 Å². The van der Waals surface area contributed by atoms with Crippen molar-refractivity contribution in [3.8, 4) is 6.07 Å². The van der Waals surface area contributed by atoms with E-state index in [1.54, 1.807) is 0 Å². The molecule has 0 aromatic heterocycles. The smallest absolute Gasteiger partial charge is 0.336 e. The normalized spacial score (nSPS) is 18.1. The number of nitrogens with one attached hydrogen (secondary N) is 1. The average Bonchev–Trinajstić information content (AvgIpc) is 2.53. The van der Waals surface area contributed by atoms with E-state index in [9.17, 15) is 10.1 Å². The molecule has 108 valence electrons. The average molecular weight is 300 g/mol. The second kappa shape index (κ2) is 6.51. The van der Waals surface area contributed by atoms with E-state index in [-0.39, 0.29) is 0 Å². The number of rotatable bonds is 3. The van der Waals surface area contributed by atoms with Gasteiger partial charge in [-0.2, -0.15) is 5.26 Å². The second-order valence-corrected chi connectivity index (χ2v) is 5.37. The van der Waals surface area contributed by atoms with Gasteiger partial charge in [0, 0.05) is 5.70 Å². The molecule has 4 nitrogen and oxygen atoms in total. The van der Waals surface area contributed by atoms with Crippen molar-refractivity contribution in [3.05, 3.63) is 57.8 Å². The highest BCUT2D eigenvalue weighted by Crippen LogP contribution is 2.40. The van der Waals surface area contributed by atoms with Crippen LogP contribution in [0.1, 0.15) is 18.4 Å². The Morgan fingerprint density at radius 2 is 2.05 bits per heavy atom. The highest BCUT2D eigenvalue weighted by Gasteiger charge is 2.34. The molecule has 0 saturated heterocycles. The van der Waals surface area contributed by atoms with E-state index in [0.717, 1.165) is 16.3 Å². The first kappa shape index (κ1) is 15.2. The van der Waals surface area contributed by atoms with Crippen molar-refractivity contribution in [2.75, 3.05) is 13.4 Å². The van der Waals surface area contributed by atoms with Crippen LogP contribution >= 0.6 is 11.8 Å². The third-order valence-corrected chi connectivity index (χ3v) is 4.12. The Balaban J connectivity index is 2.65. The van der Waals surface area contributed by atoms with Crippen LogP contribution in [-0.2, 0) is 9.53 Å². The maximum atomic E-state index is 12.2. The summed E-state index contributed by atoms with van der Waals surface area (Å²) in [4.78, 5) is 12.2. The van der Waals surface area contributed by atoms with Gasteiger partial charge in [0.1, 0.15) is 0 Å². The van der Waals surface area contributed by atoms with Gasteiger partial charge in [0.25, 0.3) is 0 Å². The van der Waals surface area contributed by atoms with Gasteiger partial charge in [-0.25, -0.2) is 4.79 Å². The summed E-state index contributed by atoms with van der Waals surface area (Å²) in [6.45, 7) is 1.83. The topological polar surface area (TPSA) is 62.1 Å². The molecule has 0 spiro atoms. The molecule has 1 N–H and O–H groups in total. The van der Waals surface area contributed by atoms with Gasteiger partial charge in [-0.3, -0.25) is 0 Å². The Bertz CT molecular complexity index is 657. The molecule has 1 aliphatic rings. The Kier molecular flexibility index (Phi) is 4.71. The highest BCUT2D eigenvalue weighted by atomic mass is 32.2. The molecular formula is C16H16N2O2S. The summed E-state index contributed by atoms with van der Waals surface area (Å²) in [7, 11) is 1.35. The van der Waals surface area contributed by atoms with Gasteiger partial charge in [-0.05, 0) is 18.7 Å². The van der Waals surface area contributed by atoms with E-state index >= 15 is 0 Å². The Labute approximate surface area is 128 Å². The molecular weight excluding hydrogens is 284 g/mol. The predicted molar refractivity (Wildman–Crippen MR) is 83.2 cm³/mol. The molecule has 0 radical (unpaired) electrons. The highest BCUT2D eigenvalue weighted by molar-refractivity contribution is 8.02. The summed E-state index contributed by atoms with van der Waals surface area (Å²) >= 11 is 1.46. The summed E-state index contributed by atoms with van der Waals surface area (Å²) in [5.74, 6) is -0.811. The summed E-state index contributed by atoms with van der Waals surface area (Å²) in [5, 5.41) is 13.5. The van der Waals surface area contributed by atoms with E-state index < -0.39 is 11.9 Å².